The minimum Gasteiger partial charge on any atom is -0.497 e. The number of anilines is 1. The van der Waals surface area contributed by atoms with Crippen molar-refractivity contribution in [2.45, 2.75) is 6.61 Å². The molecule has 0 heterocycles. The van der Waals surface area contributed by atoms with E-state index in [4.69, 9.17) is 9.47 Å². The van der Waals surface area contributed by atoms with Crippen molar-refractivity contribution in [3.63, 3.8) is 0 Å². The van der Waals surface area contributed by atoms with E-state index >= 15 is 0 Å². The summed E-state index contributed by atoms with van der Waals surface area (Å²) in [6.07, 6.45) is 1.13. The Hall–Kier alpha value is -3.06. The molecule has 152 valence electrons. The maximum absolute atomic E-state index is 13.2. The topological polar surface area (TPSA) is 55.8 Å². The van der Waals surface area contributed by atoms with Gasteiger partial charge < -0.3 is 9.47 Å². The lowest BCUT2D eigenvalue weighted by Gasteiger charge is -2.21. The highest BCUT2D eigenvalue weighted by Gasteiger charge is 2.18. The van der Waals surface area contributed by atoms with Gasteiger partial charge in [0.1, 0.15) is 23.9 Å². The van der Waals surface area contributed by atoms with Crippen LogP contribution in [0.5, 0.6) is 11.5 Å². The van der Waals surface area contributed by atoms with E-state index in [1.807, 2.05) is 30.3 Å². The van der Waals surface area contributed by atoms with Gasteiger partial charge >= 0.3 is 0 Å². The van der Waals surface area contributed by atoms with Crippen LogP contribution >= 0.6 is 0 Å². The van der Waals surface area contributed by atoms with Gasteiger partial charge in [-0.15, -0.1) is 0 Å². The van der Waals surface area contributed by atoms with Crippen LogP contribution < -0.4 is 13.8 Å². The molecule has 0 spiro atoms. The molecule has 0 aliphatic heterocycles. The first-order valence-corrected chi connectivity index (χ1v) is 10.7. The highest BCUT2D eigenvalue weighted by atomic mass is 32.2. The summed E-state index contributed by atoms with van der Waals surface area (Å²) in [7, 11) is -0.444. The van der Waals surface area contributed by atoms with E-state index in [1.54, 1.807) is 31.4 Å². The van der Waals surface area contributed by atoms with Crippen molar-refractivity contribution in [1.29, 1.82) is 0 Å². The van der Waals surface area contributed by atoms with Gasteiger partial charge in [0.15, 0.2) is 0 Å². The molecule has 0 saturated heterocycles. The second kappa shape index (κ2) is 8.53. The van der Waals surface area contributed by atoms with Gasteiger partial charge in [-0.1, -0.05) is 30.3 Å². The number of nitrogens with zero attached hydrogens (tertiary/aromatic N) is 1. The van der Waals surface area contributed by atoms with Crippen LogP contribution in [-0.2, 0) is 16.6 Å². The number of benzene rings is 3. The summed E-state index contributed by atoms with van der Waals surface area (Å²) in [6, 6.07) is 18.7. The second-order valence-corrected chi connectivity index (χ2v) is 8.57. The molecule has 0 atom stereocenters. The van der Waals surface area contributed by atoms with Crippen molar-refractivity contribution >= 4 is 15.7 Å². The van der Waals surface area contributed by atoms with Gasteiger partial charge in [-0.2, -0.15) is 0 Å². The van der Waals surface area contributed by atoms with E-state index in [-0.39, 0.29) is 12.4 Å². The number of hydrogen-bond acceptors (Lipinski definition) is 4. The third kappa shape index (κ3) is 5.06. The normalized spacial score (nSPS) is 11.2. The molecule has 3 rings (SSSR count). The minimum atomic E-state index is -3.50. The van der Waals surface area contributed by atoms with E-state index < -0.39 is 10.0 Å². The lowest BCUT2D eigenvalue weighted by molar-refractivity contribution is 0.306. The largest absolute Gasteiger partial charge is 0.497 e. The quantitative estimate of drug-likeness (QED) is 0.571. The summed E-state index contributed by atoms with van der Waals surface area (Å²) in [5.74, 6) is 0.804. The van der Waals surface area contributed by atoms with Crippen LogP contribution in [0.4, 0.5) is 10.1 Å². The van der Waals surface area contributed by atoms with Crippen LogP contribution in [0.25, 0.3) is 11.1 Å². The van der Waals surface area contributed by atoms with Crippen LogP contribution in [0.1, 0.15) is 5.56 Å². The molecule has 7 heteroatoms. The summed E-state index contributed by atoms with van der Waals surface area (Å²) in [4.78, 5) is 0. The van der Waals surface area contributed by atoms with Gasteiger partial charge in [0.05, 0.1) is 19.1 Å². The Morgan fingerprint density at radius 3 is 2.31 bits per heavy atom. The van der Waals surface area contributed by atoms with Gasteiger partial charge in [-0.3, -0.25) is 4.31 Å². The Bertz CT molecular complexity index is 1100. The Morgan fingerprint density at radius 1 is 0.966 bits per heavy atom. The van der Waals surface area contributed by atoms with E-state index in [2.05, 4.69) is 0 Å². The SMILES string of the molecule is COc1cccc(COc2ccc(-c3ccc(F)cc3)cc2N(C)S(C)(=O)=O)c1. The summed E-state index contributed by atoms with van der Waals surface area (Å²) in [6.45, 7) is 0.248. The molecule has 3 aromatic rings. The molecule has 5 nitrogen and oxygen atoms in total. The van der Waals surface area contributed by atoms with Crippen molar-refractivity contribution in [1.82, 2.24) is 0 Å². The Morgan fingerprint density at radius 2 is 1.66 bits per heavy atom. The van der Waals surface area contributed by atoms with Crippen LogP contribution in [0.15, 0.2) is 66.7 Å². The zero-order valence-corrected chi connectivity index (χ0v) is 17.2. The number of sulfonamides is 1. The maximum Gasteiger partial charge on any atom is 0.232 e. The van der Waals surface area contributed by atoms with Crippen LogP contribution in [0.2, 0.25) is 0 Å². The van der Waals surface area contributed by atoms with E-state index in [9.17, 15) is 12.8 Å². The van der Waals surface area contributed by atoms with Crippen molar-refractivity contribution in [2.75, 3.05) is 24.7 Å². The van der Waals surface area contributed by atoms with E-state index in [0.29, 0.717) is 17.2 Å². The highest BCUT2D eigenvalue weighted by Crippen LogP contribution is 2.34. The molecule has 0 aromatic heterocycles. The van der Waals surface area contributed by atoms with Crippen LogP contribution in [0, 0.1) is 5.82 Å². The minimum absolute atomic E-state index is 0.248. The van der Waals surface area contributed by atoms with Crippen molar-refractivity contribution < 1.29 is 22.3 Å². The molecule has 0 amide bonds. The number of ether oxygens (including phenoxy) is 2. The highest BCUT2D eigenvalue weighted by molar-refractivity contribution is 7.92. The van der Waals surface area contributed by atoms with Crippen molar-refractivity contribution in [3.05, 3.63) is 78.1 Å². The first-order valence-electron chi connectivity index (χ1n) is 8.87. The van der Waals surface area contributed by atoms with Gasteiger partial charge in [-0.05, 0) is 53.1 Å². The summed E-state index contributed by atoms with van der Waals surface area (Å²) < 4.78 is 49.8. The maximum atomic E-state index is 13.2. The summed E-state index contributed by atoms with van der Waals surface area (Å²) in [5, 5.41) is 0. The average Bonchev–Trinajstić information content (AvgIpc) is 2.71. The van der Waals surface area contributed by atoms with Gasteiger partial charge in [0, 0.05) is 7.05 Å². The fourth-order valence-electron chi connectivity index (χ4n) is 2.81. The zero-order chi connectivity index (χ0) is 21.0. The summed E-state index contributed by atoms with van der Waals surface area (Å²) in [5.41, 5.74) is 2.82. The predicted octanol–water partition coefficient (Wildman–Crippen LogP) is 4.48. The molecule has 29 heavy (non-hydrogen) atoms. The lowest BCUT2D eigenvalue weighted by Crippen LogP contribution is -2.25. The fraction of sp³-hybridized carbons (Fsp3) is 0.182. The Labute approximate surface area is 170 Å². The molecule has 3 aromatic carbocycles. The Balaban J connectivity index is 1.95. The van der Waals surface area contributed by atoms with Gasteiger partial charge in [-0.25, -0.2) is 12.8 Å². The molecule has 0 radical (unpaired) electrons. The first-order chi connectivity index (χ1) is 13.8. The summed E-state index contributed by atoms with van der Waals surface area (Å²) >= 11 is 0. The van der Waals surface area contributed by atoms with Gasteiger partial charge in [0.2, 0.25) is 10.0 Å². The van der Waals surface area contributed by atoms with Crippen molar-refractivity contribution in [2.24, 2.45) is 0 Å². The Kier molecular flexibility index (Phi) is 6.08. The molecule has 0 aliphatic rings. The monoisotopic (exact) mass is 415 g/mol. The number of hydrogen-bond donors (Lipinski definition) is 0. The standard InChI is InChI=1S/C22H22FNO4S/c1-24(29(3,25)26)21-14-18(17-7-10-19(23)11-8-17)9-12-22(21)28-15-16-5-4-6-20(13-16)27-2/h4-14H,15H2,1-3H3. The third-order valence-electron chi connectivity index (χ3n) is 4.50. The van der Waals surface area contributed by atoms with Crippen LogP contribution in [0.3, 0.4) is 0 Å². The predicted molar refractivity (Wildman–Crippen MR) is 112 cm³/mol. The lowest BCUT2D eigenvalue weighted by atomic mass is 10.0. The molecular formula is C22H22FNO4S. The van der Waals surface area contributed by atoms with Gasteiger partial charge in [0.25, 0.3) is 0 Å². The van der Waals surface area contributed by atoms with E-state index in [0.717, 1.165) is 22.9 Å². The zero-order valence-electron chi connectivity index (χ0n) is 16.4. The molecular weight excluding hydrogens is 393 g/mol. The molecule has 0 saturated carbocycles. The fourth-order valence-corrected chi connectivity index (χ4v) is 3.31. The molecule has 0 fully saturated rings. The number of rotatable bonds is 7. The molecule has 0 N–H and O–H groups in total. The molecule has 0 aliphatic carbocycles. The number of halogens is 1. The second-order valence-electron chi connectivity index (χ2n) is 6.56. The first kappa shape index (κ1) is 20.7. The molecule has 0 bridgehead atoms. The smallest absolute Gasteiger partial charge is 0.232 e. The number of methoxy groups -OCH3 is 1. The van der Waals surface area contributed by atoms with Crippen molar-refractivity contribution in [3.8, 4) is 22.6 Å². The van der Waals surface area contributed by atoms with Crippen LogP contribution in [-0.4, -0.2) is 28.8 Å². The molecule has 0 unspecified atom stereocenters. The third-order valence-corrected chi connectivity index (χ3v) is 5.69. The van der Waals surface area contributed by atoms with E-state index in [1.165, 1.54) is 23.5 Å². The average molecular weight is 415 g/mol.